The van der Waals surface area contributed by atoms with Gasteiger partial charge in [0.2, 0.25) is 0 Å². The highest BCUT2D eigenvalue weighted by Gasteiger charge is 2.03. The van der Waals surface area contributed by atoms with Crippen molar-refractivity contribution in [2.75, 3.05) is 50.7 Å². The van der Waals surface area contributed by atoms with Crippen LogP contribution in [0.3, 0.4) is 0 Å². The molecule has 1 N–H and O–H groups in total. The number of hydrogen-bond donors (Lipinski definition) is 1. The molecule has 0 aliphatic rings. The van der Waals surface area contributed by atoms with Gasteiger partial charge in [0, 0.05) is 38.4 Å². The van der Waals surface area contributed by atoms with Gasteiger partial charge in [-0.3, -0.25) is 0 Å². The van der Waals surface area contributed by atoms with Crippen LogP contribution in [0.25, 0.3) is 0 Å². The molecule has 0 radical (unpaired) electrons. The molecule has 0 saturated carbocycles. The van der Waals surface area contributed by atoms with Gasteiger partial charge < -0.3 is 15.1 Å². The number of hydrogen-bond acceptors (Lipinski definition) is 3. The maximum atomic E-state index is 3.54. The molecule has 0 heterocycles. The molecule has 0 spiro atoms. The van der Waals surface area contributed by atoms with Crippen LogP contribution in [0.5, 0.6) is 0 Å². The summed E-state index contributed by atoms with van der Waals surface area (Å²) in [5, 5.41) is 3.54. The SMILES string of the molecule is CCN(CC)CCNCCN(CC)c1ccccc1. The molecular weight excluding hydrogens is 234 g/mol. The summed E-state index contributed by atoms with van der Waals surface area (Å²) in [6.07, 6.45) is 0. The Hall–Kier alpha value is -1.06. The number of nitrogens with zero attached hydrogens (tertiary/aromatic N) is 2. The maximum Gasteiger partial charge on any atom is 0.0366 e. The Morgan fingerprint density at radius 1 is 0.842 bits per heavy atom. The standard InChI is InChI=1S/C16H29N3/c1-4-18(5-2)14-12-17-13-15-19(6-3)16-10-8-7-9-11-16/h7-11,17H,4-6,12-15H2,1-3H3. The van der Waals surface area contributed by atoms with Crippen molar-refractivity contribution in [3.05, 3.63) is 30.3 Å². The zero-order chi connectivity index (χ0) is 13.9. The van der Waals surface area contributed by atoms with Crippen molar-refractivity contribution >= 4 is 5.69 Å². The highest BCUT2D eigenvalue weighted by Crippen LogP contribution is 2.11. The van der Waals surface area contributed by atoms with Crippen molar-refractivity contribution in [3.8, 4) is 0 Å². The fraction of sp³-hybridized carbons (Fsp3) is 0.625. The maximum absolute atomic E-state index is 3.54. The molecule has 0 aliphatic carbocycles. The lowest BCUT2D eigenvalue weighted by molar-refractivity contribution is 0.303. The molecule has 3 heteroatoms. The first kappa shape index (κ1) is 16.0. The van der Waals surface area contributed by atoms with E-state index in [1.165, 1.54) is 5.69 Å². The van der Waals surface area contributed by atoms with Gasteiger partial charge in [-0.25, -0.2) is 0 Å². The molecule has 3 nitrogen and oxygen atoms in total. The molecule has 19 heavy (non-hydrogen) atoms. The van der Waals surface area contributed by atoms with Crippen LogP contribution in [0.2, 0.25) is 0 Å². The van der Waals surface area contributed by atoms with Gasteiger partial charge in [-0.1, -0.05) is 32.0 Å². The van der Waals surface area contributed by atoms with Gasteiger partial charge in [0.15, 0.2) is 0 Å². The number of anilines is 1. The highest BCUT2D eigenvalue weighted by atomic mass is 15.2. The van der Waals surface area contributed by atoms with Crippen molar-refractivity contribution in [1.29, 1.82) is 0 Å². The summed E-state index contributed by atoms with van der Waals surface area (Å²) in [6.45, 7) is 14.3. The molecule has 0 unspecified atom stereocenters. The van der Waals surface area contributed by atoms with Crippen LogP contribution in [0.15, 0.2) is 30.3 Å². The number of nitrogens with one attached hydrogen (secondary N) is 1. The van der Waals surface area contributed by atoms with E-state index in [4.69, 9.17) is 0 Å². The first-order valence-corrected chi connectivity index (χ1v) is 7.54. The molecule has 0 atom stereocenters. The summed E-state index contributed by atoms with van der Waals surface area (Å²) in [5.74, 6) is 0. The number of benzene rings is 1. The summed E-state index contributed by atoms with van der Waals surface area (Å²) in [5.41, 5.74) is 1.32. The Labute approximate surface area is 118 Å². The fourth-order valence-electron chi connectivity index (χ4n) is 2.22. The molecule has 0 amide bonds. The van der Waals surface area contributed by atoms with E-state index in [0.717, 1.165) is 45.8 Å². The minimum atomic E-state index is 1.05. The summed E-state index contributed by atoms with van der Waals surface area (Å²) in [7, 11) is 0. The predicted molar refractivity (Wildman–Crippen MR) is 85.0 cm³/mol. The summed E-state index contributed by atoms with van der Waals surface area (Å²) < 4.78 is 0. The van der Waals surface area contributed by atoms with E-state index in [9.17, 15) is 0 Å². The first-order valence-electron chi connectivity index (χ1n) is 7.54. The summed E-state index contributed by atoms with van der Waals surface area (Å²) in [6, 6.07) is 10.6. The van der Waals surface area contributed by atoms with Gasteiger partial charge in [-0.05, 0) is 32.1 Å². The molecule has 0 saturated heterocycles. The first-order chi connectivity index (χ1) is 9.31. The number of para-hydroxylation sites is 1. The molecule has 1 aromatic carbocycles. The lowest BCUT2D eigenvalue weighted by Gasteiger charge is -2.24. The molecule has 1 rings (SSSR count). The largest absolute Gasteiger partial charge is 0.371 e. The fourth-order valence-corrected chi connectivity index (χ4v) is 2.22. The van der Waals surface area contributed by atoms with E-state index in [-0.39, 0.29) is 0 Å². The predicted octanol–water partition coefficient (Wildman–Crippen LogP) is 2.44. The minimum absolute atomic E-state index is 1.05. The Bertz CT molecular complexity index is 309. The Morgan fingerprint density at radius 2 is 1.47 bits per heavy atom. The van der Waals surface area contributed by atoms with Crippen LogP contribution in [0.1, 0.15) is 20.8 Å². The van der Waals surface area contributed by atoms with E-state index in [0.29, 0.717) is 0 Å². The normalized spacial score (nSPS) is 10.9. The van der Waals surface area contributed by atoms with Crippen LogP contribution >= 0.6 is 0 Å². The van der Waals surface area contributed by atoms with Crippen molar-refractivity contribution in [2.24, 2.45) is 0 Å². The lowest BCUT2D eigenvalue weighted by atomic mass is 10.3. The van der Waals surface area contributed by atoms with E-state index >= 15 is 0 Å². The van der Waals surface area contributed by atoms with E-state index in [1.54, 1.807) is 0 Å². The Balaban J connectivity index is 2.20. The average Bonchev–Trinajstić information content (AvgIpc) is 2.48. The number of rotatable bonds is 10. The average molecular weight is 263 g/mol. The third-order valence-electron chi connectivity index (χ3n) is 3.56. The lowest BCUT2D eigenvalue weighted by Crippen LogP contribution is -2.36. The van der Waals surface area contributed by atoms with Crippen LogP contribution in [0, 0.1) is 0 Å². The van der Waals surface area contributed by atoms with Gasteiger partial charge >= 0.3 is 0 Å². The quantitative estimate of drug-likeness (QED) is 0.654. The molecular formula is C16H29N3. The number of likely N-dealkylation sites (N-methyl/N-ethyl adjacent to an activating group) is 2. The van der Waals surface area contributed by atoms with Gasteiger partial charge in [0.1, 0.15) is 0 Å². The Kier molecular flexibility index (Phi) is 8.26. The summed E-state index contributed by atoms with van der Waals surface area (Å²) in [4.78, 5) is 4.85. The van der Waals surface area contributed by atoms with Crippen LogP contribution in [-0.2, 0) is 0 Å². The van der Waals surface area contributed by atoms with E-state index < -0.39 is 0 Å². The van der Waals surface area contributed by atoms with Gasteiger partial charge in [-0.15, -0.1) is 0 Å². The second kappa shape index (κ2) is 9.82. The smallest absolute Gasteiger partial charge is 0.0366 e. The van der Waals surface area contributed by atoms with E-state index in [2.05, 4.69) is 66.2 Å². The monoisotopic (exact) mass is 263 g/mol. The second-order valence-electron chi connectivity index (χ2n) is 4.69. The minimum Gasteiger partial charge on any atom is -0.371 e. The molecule has 0 fully saturated rings. The summed E-state index contributed by atoms with van der Waals surface area (Å²) >= 11 is 0. The van der Waals surface area contributed by atoms with Crippen molar-refractivity contribution in [1.82, 2.24) is 10.2 Å². The molecule has 0 bridgehead atoms. The van der Waals surface area contributed by atoms with Crippen molar-refractivity contribution in [2.45, 2.75) is 20.8 Å². The molecule has 108 valence electrons. The van der Waals surface area contributed by atoms with Gasteiger partial charge in [-0.2, -0.15) is 0 Å². The third-order valence-corrected chi connectivity index (χ3v) is 3.56. The van der Waals surface area contributed by atoms with Crippen molar-refractivity contribution in [3.63, 3.8) is 0 Å². The van der Waals surface area contributed by atoms with Crippen LogP contribution < -0.4 is 10.2 Å². The van der Waals surface area contributed by atoms with E-state index in [1.807, 2.05) is 0 Å². The van der Waals surface area contributed by atoms with Crippen molar-refractivity contribution < 1.29 is 0 Å². The van der Waals surface area contributed by atoms with Crippen LogP contribution in [0.4, 0.5) is 5.69 Å². The molecule has 1 aromatic rings. The topological polar surface area (TPSA) is 18.5 Å². The molecule has 0 aliphatic heterocycles. The van der Waals surface area contributed by atoms with Crippen LogP contribution in [-0.4, -0.2) is 50.7 Å². The molecule has 0 aromatic heterocycles. The third kappa shape index (κ3) is 6.08. The highest BCUT2D eigenvalue weighted by molar-refractivity contribution is 5.45. The zero-order valence-corrected chi connectivity index (χ0v) is 12.7. The van der Waals surface area contributed by atoms with Gasteiger partial charge in [0.25, 0.3) is 0 Å². The Morgan fingerprint density at radius 3 is 2.05 bits per heavy atom. The van der Waals surface area contributed by atoms with Gasteiger partial charge in [0.05, 0.1) is 0 Å². The second-order valence-corrected chi connectivity index (χ2v) is 4.69. The zero-order valence-electron chi connectivity index (χ0n) is 12.7.